The van der Waals surface area contributed by atoms with Gasteiger partial charge in [0, 0.05) is 11.6 Å². The van der Waals surface area contributed by atoms with Gasteiger partial charge in [0.15, 0.2) is 0 Å². The molecule has 1 aromatic heterocycles. The number of amides is 2. The maximum atomic E-state index is 13.6. The van der Waals surface area contributed by atoms with Crippen molar-refractivity contribution in [3.05, 3.63) is 131 Å². The zero-order valence-electron chi connectivity index (χ0n) is 18.9. The standard InChI is InChI=1S/C28H24ClFN2O3/c29-23-12-8-20(9-13-23)17-26(33)32(19-21-10-14-24(30)15-11-21)27(22-5-2-1-3-6-22)28(34)31-18-25-7-4-16-35-25/h1-16,27H,17-19H2,(H,31,34)/t27-/m1/s1. The van der Waals surface area contributed by atoms with E-state index in [2.05, 4.69) is 5.32 Å². The van der Waals surface area contributed by atoms with Crippen molar-refractivity contribution in [3.8, 4) is 0 Å². The molecule has 0 aliphatic rings. The minimum absolute atomic E-state index is 0.0765. The number of carbonyl (C=O) groups excluding carboxylic acids is 2. The van der Waals surface area contributed by atoms with Crippen LogP contribution in [0, 0.1) is 5.82 Å². The first kappa shape index (κ1) is 24.2. The predicted molar refractivity (Wildman–Crippen MR) is 132 cm³/mol. The number of hydrogen-bond acceptors (Lipinski definition) is 3. The van der Waals surface area contributed by atoms with Gasteiger partial charge in [0.1, 0.15) is 17.6 Å². The highest BCUT2D eigenvalue weighted by atomic mass is 35.5. The van der Waals surface area contributed by atoms with Crippen molar-refractivity contribution in [1.29, 1.82) is 0 Å². The van der Waals surface area contributed by atoms with Crippen LogP contribution in [0.3, 0.4) is 0 Å². The minimum Gasteiger partial charge on any atom is -0.467 e. The van der Waals surface area contributed by atoms with Crippen LogP contribution in [0.15, 0.2) is 102 Å². The van der Waals surface area contributed by atoms with Crippen LogP contribution >= 0.6 is 11.6 Å². The van der Waals surface area contributed by atoms with E-state index in [0.29, 0.717) is 21.9 Å². The summed E-state index contributed by atoms with van der Waals surface area (Å²) in [5.41, 5.74) is 2.14. The Balaban J connectivity index is 1.67. The summed E-state index contributed by atoms with van der Waals surface area (Å²) in [7, 11) is 0. The second-order valence-corrected chi connectivity index (χ2v) is 8.50. The number of halogens is 2. The SMILES string of the molecule is O=C(NCc1ccco1)[C@@H](c1ccccc1)N(Cc1ccc(F)cc1)C(=O)Cc1ccc(Cl)cc1. The summed E-state index contributed by atoms with van der Waals surface area (Å²) in [5, 5.41) is 3.45. The van der Waals surface area contributed by atoms with E-state index >= 15 is 0 Å². The van der Waals surface area contributed by atoms with Gasteiger partial charge in [-0.1, -0.05) is 66.2 Å². The van der Waals surface area contributed by atoms with Gasteiger partial charge >= 0.3 is 0 Å². The summed E-state index contributed by atoms with van der Waals surface area (Å²) in [4.78, 5) is 28.7. The summed E-state index contributed by atoms with van der Waals surface area (Å²) in [5.74, 6) is -0.371. The van der Waals surface area contributed by atoms with Crippen LogP contribution in [0.2, 0.25) is 5.02 Å². The molecule has 0 radical (unpaired) electrons. The fourth-order valence-electron chi connectivity index (χ4n) is 3.78. The molecule has 3 aromatic carbocycles. The van der Waals surface area contributed by atoms with E-state index in [-0.39, 0.29) is 37.1 Å². The molecule has 4 aromatic rings. The summed E-state index contributed by atoms with van der Waals surface area (Å²) in [6.45, 7) is 0.311. The number of nitrogens with one attached hydrogen (secondary N) is 1. The molecule has 4 rings (SSSR count). The molecular weight excluding hydrogens is 467 g/mol. The monoisotopic (exact) mass is 490 g/mol. The first-order chi connectivity index (χ1) is 17.0. The van der Waals surface area contributed by atoms with Gasteiger partial charge in [0.2, 0.25) is 11.8 Å². The van der Waals surface area contributed by atoms with Crippen molar-refractivity contribution in [2.24, 2.45) is 0 Å². The minimum atomic E-state index is -0.906. The maximum absolute atomic E-state index is 13.6. The van der Waals surface area contributed by atoms with E-state index in [1.165, 1.54) is 23.3 Å². The quantitative estimate of drug-likeness (QED) is 0.327. The van der Waals surface area contributed by atoms with Crippen LogP contribution in [0.1, 0.15) is 28.5 Å². The third-order valence-corrected chi connectivity index (χ3v) is 5.80. The van der Waals surface area contributed by atoms with Crippen LogP contribution in [-0.2, 0) is 29.1 Å². The van der Waals surface area contributed by atoms with E-state index < -0.39 is 6.04 Å². The Hall–Kier alpha value is -3.90. The number of nitrogens with zero attached hydrogens (tertiary/aromatic N) is 1. The van der Waals surface area contributed by atoms with Gasteiger partial charge < -0.3 is 14.6 Å². The fourth-order valence-corrected chi connectivity index (χ4v) is 3.91. The molecule has 5 nitrogen and oxygen atoms in total. The molecule has 35 heavy (non-hydrogen) atoms. The van der Waals surface area contributed by atoms with Crippen LogP contribution in [0.5, 0.6) is 0 Å². The number of carbonyl (C=O) groups is 2. The lowest BCUT2D eigenvalue weighted by Crippen LogP contribution is -2.43. The maximum Gasteiger partial charge on any atom is 0.247 e. The van der Waals surface area contributed by atoms with Gasteiger partial charge in [-0.3, -0.25) is 9.59 Å². The van der Waals surface area contributed by atoms with Crippen molar-refractivity contribution in [3.63, 3.8) is 0 Å². The third-order valence-electron chi connectivity index (χ3n) is 5.55. The van der Waals surface area contributed by atoms with Gasteiger partial charge in [-0.2, -0.15) is 0 Å². The first-order valence-corrected chi connectivity index (χ1v) is 11.5. The summed E-state index contributed by atoms with van der Waals surface area (Å²) in [6, 6.07) is 24.6. The Labute approximate surface area is 208 Å². The molecule has 1 heterocycles. The van der Waals surface area contributed by atoms with Crippen LogP contribution < -0.4 is 5.32 Å². The molecule has 178 valence electrons. The Morgan fingerprint density at radius 2 is 1.57 bits per heavy atom. The highest BCUT2D eigenvalue weighted by molar-refractivity contribution is 6.30. The van der Waals surface area contributed by atoms with E-state index in [0.717, 1.165) is 5.56 Å². The highest BCUT2D eigenvalue weighted by Gasteiger charge is 2.31. The van der Waals surface area contributed by atoms with Crippen molar-refractivity contribution in [1.82, 2.24) is 10.2 Å². The lowest BCUT2D eigenvalue weighted by atomic mass is 10.0. The number of rotatable bonds is 9. The number of benzene rings is 3. The summed E-state index contributed by atoms with van der Waals surface area (Å²) < 4.78 is 18.9. The second kappa shape index (κ2) is 11.5. The molecule has 0 aliphatic carbocycles. The van der Waals surface area contributed by atoms with E-state index in [9.17, 15) is 14.0 Å². The largest absolute Gasteiger partial charge is 0.467 e. The predicted octanol–water partition coefficient (Wildman–Crippen LogP) is 5.70. The Morgan fingerprint density at radius 1 is 0.886 bits per heavy atom. The van der Waals surface area contributed by atoms with Gasteiger partial charge in [-0.25, -0.2) is 4.39 Å². The molecule has 0 saturated carbocycles. The molecule has 0 fully saturated rings. The molecule has 0 saturated heterocycles. The van der Waals surface area contributed by atoms with Crippen molar-refractivity contribution < 1.29 is 18.4 Å². The summed E-state index contributed by atoms with van der Waals surface area (Å²) in [6.07, 6.45) is 1.61. The van der Waals surface area contributed by atoms with Crippen LogP contribution in [-0.4, -0.2) is 16.7 Å². The topological polar surface area (TPSA) is 62.6 Å². The highest BCUT2D eigenvalue weighted by Crippen LogP contribution is 2.25. The first-order valence-electron chi connectivity index (χ1n) is 11.1. The van der Waals surface area contributed by atoms with E-state index in [1.807, 2.05) is 30.3 Å². The van der Waals surface area contributed by atoms with E-state index in [4.69, 9.17) is 16.0 Å². The number of furan rings is 1. The molecule has 1 N–H and O–H groups in total. The second-order valence-electron chi connectivity index (χ2n) is 8.06. The lowest BCUT2D eigenvalue weighted by molar-refractivity contribution is -0.141. The number of hydrogen-bond donors (Lipinski definition) is 1. The average Bonchev–Trinajstić information content (AvgIpc) is 3.39. The molecular formula is C28H24ClFN2O3. The molecule has 0 unspecified atom stereocenters. The van der Waals surface area contributed by atoms with Gasteiger partial charge in [-0.05, 0) is 53.1 Å². The Morgan fingerprint density at radius 3 is 2.23 bits per heavy atom. The molecule has 0 spiro atoms. The normalized spacial score (nSPS) is 11.6. The van der Waals surface area contributed by atoms with Crippen molar-refractivity contribution in [2.75, 3.05) is 0 Å². The van der Waals surface area contributed by atoms with Crippen LogP contribution in [0.25, 0.3) is 0 Å². The third kappa shape index (κ3) is 6.58. The average molecular weight is 491 g/mol. The van der Waals surface area contributed by atoms with Gasteiger partial charge in [0.05, 0.1) is 19.2 Å². The van der Waals surface area contributed by atoms with Gasteiger partial charge in [0.25, 0.3) is 0 Å². The smallest absolute Gasteiger partial charge is 0.247 e. The van der Waals surface area contributed by atoms with Crippen molar-refractivity contribution >= 4 is 23.4 Å². The molecule has 7 heteroatoms. The fraction of sp³-hybridized carbons (Fsp3) is 0.143. The molecule has 1 atom stereocenters. The molecule has 0 bridgehead atoms. The zero-order valence-corrected chi connectivity index (χ0v) is 19.6. The summed E-state index contributed by atoms with van der Waals surface area (Å²) >= 11 is 5.99. The van der Waals surface area contributed by atoms with Crippen LogP contribution in [0.4, 0.5) is 4.39 Å². The molecule has 0 aliphatic heterocycles. The Kier molecular flexibility index (Phi) is 7.95. The van der Waals surface area contributed by atoms with Crippen molar-refractivity contribution in [2.45, 2.75) is 25.6 Å². The van der Waals surface area contributed by atoms with E-state index in [1.54, 1.807) is 48.5 Å². The Bertz CT molecular complexity index is 1240. The van der Waals surface area contributed by atoms with Gasteiger partial charge in [-0.15, -0.1) is 0 Å². The molecule has 2 amide bonds. The zero-order chi connectivity index (χ0) is 24.6. The lowest BCUT2D eigenvalue weighted by Gasteiger charge is -2.31.